The number of ether oxygens (including phenoxy) is 1. The maximum Gasteiger partial charge on any atom is 0.460 e. The van der Waals surface area contributed by atoms with Gasteiger partial charge in [0.05, 0.1) is 0 Å². The Hall–Kier alpha value is -4.50. The molecule has 0 bridgehead atoms. The molecule has 0 aromatic heterocycles. The van der Waals surface area contributed by atoms with E-state index in [2.05, 4.69) is 0 Å². The summed E-state index contributed by atoms with van der Waals surface area (Å²) in [5.74, 6) is -233. The van der Waals surface area contributed by atoms with Crippen LogP contribution in [0.1, 0.15) is 0 Å². The Bertz CT molecular complexity index is 2260. The third kappa shape index (κ3) is 9.34. The number of hydrogen-bond acceptors (Lipinski definition) is 1. The minimum atomic E-state index is -10.4. The molecule has 83 heavy (non-hydrogen) atoms. The monoisotopic (exact) mass is 1380 g/mol. The normalized spacial score (nSPS) is 17.7. The van der Waals surface area contributed by atoms with Crippen LogP contribution in [0.15, 0.2) is 23.7 Å². The summed E-state index contributed by atoms with van der Waals surface area (Å²) in [6.45, 7) is 0. The fraction of sp³-hybridized carbons (Fsp3) is 0.857. The van der Waals surface area contributed by atoms with Crippen molar-refractivity contribution in [2.24, 2.45) is 0 Å². The van der Waals surface area contributed by atoms with Crippen LogP contribution in [0.5, 0.6) is 0 Å². The topological polar surface area (TPSA) is 9.23 Å². The van der Waals surface area contributed by atoms with Crippen molar-refractivity contribution in [2.45, 2.75) is 143 Å². The van der Waals surface area contributed by atoms with E-state index in [0.29, 0.717) is 0 Å². The third-order valence-corrected chi connectivity index (χ3v) is 9.67. The van der Waals surface area contributed by atoms with Gasteiger partial charge < -0.3 is 4.74 Å². The highest BCUT2D eigenvalue weighted by Crippen LogP contribution is 2.71. The first-order valence-corrected chi connectivity index (χ1v) is 17.1. The van der Waals surface area contributed by atoms with Gasteiger partial charge in [-0.25, -0.2) is 0 Å². The lowest BCUT2D eigenvalue weighted by atomic mass is 9.84. The molecule has 1 nitrogen and oxygen atoms in total. The number of allylic oxidation sites excluding steroid dienone is 2. The van der Waals surface area contributed by atoms with Crippen molar-refractivity contribution in [3.05, 3.63) is 23.7 Å². The van der Waals surface area contributed by atoms with Gasteiger partial charge in [0.2, 0.25) is 11.7 Å². The molecule has 0 spiro atoms. The highest BCUT2D eigenvalue weighted by Gasteiger charge is 3.02. The Balaban J connectivity index is 7.91. The standard InChI is InChI=1S/C28F54O/c29-1(5(33,34)7(37,38)9(41,42)11(45,46)13(49,50)15(53,54)17(57,58)19(61,62)21(65,66)23(69,70)25(73,74)27(77,78)79)3(31)83-4(32)2(30)6(35,36)8(39,40)10(43,44)12(47,48)14(51,52)16(55,56)18(59,60)20(63,64)22(67,68)24(71,72)26(75,76)28(80,81)82. The molecule has 0 saturated carbocycles. The van der Waals surface area contributed by atoms with E-state index in [1.807, 2.05) is 0 Å². The first kappa shape index (κ1) is 78.5. The SMILES string of the molecule is FC(OC(F)=C(F)C(F)(F)C(F)(F)C(F)(F)C(F)(F)C(F)(F)C(F)(F)C(F)(F)C(F)(F)C(F)(F)C(F)(F)C(F)(F)C(F)(F)F)=C(F)C(F)(F)C(F)(F)C(F)(F)C(F)(F)C(F)(F)C(F)(F)C(F)(F)C(F)(F)C(F)(F)C(F)(F)C(F)(F)C(F)(F)F. The second-order valence-corrected chi connectivity index (χ2v) is 14.9. The Morgan fingerprint density at radius 3 is 0.349 bits per heavy atom. The van der Waals surface area contributed by atoms with Crippen LogP contribution in [-0.2, 0) is 4.74 Å². The van der Waals surface area contributed by atoms with E-state index in [0.717, 1.165) is 0 Å². The van der Waals surface area contributed by atoms with E-state index >= 15 is 0 Å². The molecule has 0 aliphatic carbocycles. The van der Waals surface area contributed by atoms with Gasteiger partial charge in [-0.05, 0) is 0 Å². The Morgan fingerprint density at radius 2 is 0.241 bits per heavy atom. The van der Waals surface area contributed by atoms with Crippen molar-refractivity contribution in [2.75, 3.05) is 0 Å². The summed E-state index contributed by atoms with van der Waals surface area (Å²) in [4.78, 5) is 0. The average molecular weight is 1380 g/mol. The van der Waals surface area contributed by atoms with E-state index in [9.17, 15) is 237 Å². The number of alkyl halides is 50. The zero-order valence-electron chi connectivity index (χ0n) is 34.8. The van der Waals surface area contributed by atoms with E-state index < -0.39 is 166 Å². The van der Waals surface area contributed by atoms with Gasteiger partial charge in [0.15, 0.2) is 0 Å². The van der Waals surface area contributed by atoms with Gasteiger partial charge in [-0.3, -0.25) is 0 Å². The van der Waals surface area contributed by atoms with E-state index in [1.165, 1.54) is 4.74 Å². The van der Waals surface area contributed by atoms with Crippen LogP contribution in [-0.4, -0.2) is 143 Å². The van der Waals surface area contributed by atoms with E-state index in [4.69, 9.17) is 0 Å². The van der Waals surface area contributed by atoms with Crippen LogP contribution >= 0.6 is 0 Å². The summed E-state index contributed by atoms with van der Waals surface area (Å²) in [6, 6.07) is -11.9. The quantitative estimate of drug-likeness (QED) is 0.0691. The second-order valence-electron chi connectivity index (χ2n) is 14.9. The lowest BCUT2D eigenvalue weighted by Crippen LogP contribution is -2.78. The molecule has 0 aromatic rings. The highest BCUT2D eigenvalue weighted by molar-refractivity contribution is 5.26. The molecule has 0 fully saturated rings. The molecule has 0 aliphatic heterocycles. The largest absolute Gasteiger partial charge is 0.460 e. The zero-order chi connectivity index (χ0) is 69.0. The minimum Gasteiger partial charge on any atom is -0.400 e. The molecule has 0 saturated heterocycles. The van der Waals surface area contributed by atoms with Crippen molar-refractivity contribution in [1.82, 2.24) is 0 Å². The van der Waals surface area contributed by atoms with Gasteiger partial charge in [-0.2, -0.15) is 237 Å². The van der Waals surface area contributed by atoms with Crippen LogP contribution in [0.3, 0.4) is 0 Å². The number of hydrogen-bond donors (Lipinski definition) is 0. The van der Waals surface area contributed by atoms with Crippen LogP contribution in [0.4, 0.5) is 237 Å². The molecule has 0 amide bonds. The number of halogens is 54. The van der Waals surface area contributed by atoms with Crippen molar-refractivity contribution in [3.8, 4) is 0 Å². The lowest BCUT2D eigenvalue weighted by molar-refractivity contribution is -0.481. The van der Waals surface area contributed by atoms with Gasteiger partial charge in [-0.1, -0.05) is 0 Å². The summed E-state index contributed by atoms with van der Waals surface area (Å²) < 4.78 is 734. The minimum absolute atomic E-state index is 1.32. The Morgan fingerprint density at radius 1 is 0.145 bits per heavy atom. The molecule has 496 valence electrons. The third-order valence-electron chi connectivity index (χ3n) is 9.67. The van der Waals surface area contributed by atoms with Crippen molar-refractivity contribution < 1.29 is 242 Å². The molecule has 0 rings (SSSR count). The Labute approximate surface area is 409 Å². The molecule has 0 heterocycles. The number of rotatable bonds is 24. The maximum atomic E-state index is 14.0. The molecule has 0 aliphatic rings. The molecule has 55 heteroatoms. The summed E-state index contributed by atoms with van der Waals surface area (Å²) >= 11 is 0. The molecule has 0 radical (unpaired) electrons. The molecular weight excluding hydrogens is 1380 g/mol. The average Bonchev–Trinajstić information content (AvgIpc) is 3.25. The first-order chi connectivity index (χ1) is 34.9. The molecule has 0 N–H and O–H groups in total. The fourth-order valence-corrected chi connectivity index (χ4v) is 4.60. The Kier molecular flexibility index (Phi) is 18.4. The summed E-state index contributed by atoms with van der Waals surface area (Å²) in [5.41, 5.74) is 0. The molecular formula is C28F54O. The summed E-state index contributed by atoms with van der Waals surface area (Å²) in [6.07, 6.45) is -17.1. The van der Waals surface area contributed by atoms with Gasteiger partial charge >= 0.3 is 155 Å². The van der Waals surface area contributed by atoms with Crippen LogP contribution in [0.25, 0.3) is 0 Å². The maximum absolute atomic E-state index is 14.0. The predicted molar refractivity (Wildman–Crippen MR) is 141 cm³/mol. The fourth-order valence-electron chi connectivity index (χ4n) is 4.60. The highest BCUT2D eigenvalue weighted by atomic mass is 19.5. The molecule has 0 atom stereocenters. The van der Waals surface area contributed by atoms with Crippen molar-refractivity contribution >= 4 is 0 Å². The first-order valence-electron chi connectivity index (χ1n) is 17.1. The smallest absolute Gasteiger partial charge is 0.400 e. The van der Waals surface area contributed by atoms with E-state index in [-0.39, 0.29) is 0 Å². The molecule has 0 unspecified atom stereocenters. The second kappa shape index (κ2) is 19.5. The molecule has 0 aromatic carbocycles. The zero-order valence-corrected chi connectivity index (χ0v) is 34.8. The predicted octanol–water partition coefficient (Wildman–Crippen LogP) is 18.3. The van der Waals surface area contributed by atoms with Crippen LogP contribution in [0.2, 0.25) is 0 Å². The summed E-state index contributed by atoms with van der Waals surface area (Å²) in [7, 11) is 0. The van der Waals surface area contributed by atoms with Gasteiger partial charge in [0, 0.05) is 0 Å². The van der Waals surface area contributed by atoms with E-state index in [1.54, 1.807) is 0 Å². The van der Waals surface area contributed by atoms with Crippen molar-refractivity contribution in [1.29, 1.82) is 0 Å². The van der Waals surface area contributed by atoms with Crippen LogP contribution < -0.4 is 0 Å². The van der Waals surface area contributed by atoms with Gasteiger partial charge in [-0.15, -0.1) is 0 Å². The van der Waals surface area contributed by atoms with Gasteiger partial charge in [0.1, 0.15) is 0 Å². The van der Waals surface area contributed by atoms with Gasteiger partial charge in [0.25, 0.3) is 0 Å². The van der Waals surface area contributed by atoms with Crippen molar-refractivity contribution in [3.63, 3.8) is 0 Å². The van der Waals surface area contributed by atoms with Crippen LogP contribution in [0, 0.1) is 0 Å². The summed E-state index contributed by atoms with van der Waals surface area (Å²) in [5, 5.41) is 0. The lowest BCUT2D eigenvalue weighted by Gasteiger charge is -2.45.